The Labute approximate surface area is 99.8 Å². The Morgan fingerprint density at radius 2 is 2.18 bits per heavy atom. The maximum absolute atomic E-state index is 10.5. The van der Waals surface area contributed by atoms with Gasteiger partial charge in [0.15, 0.2) is 11.5 Å². The first-order valence-corrected chi connectivity index (χ1v) is 5.30. The van der Waals surface area contributed by atoms with E-state index in [0.29, 0.717) is 11.3 Å². The number of benzene rings is 1. The van der Waals surface area contributed by atoms with Crippen molar-refractivity contribution in [2.45, 2.75) is 25.8 Å². The molecule has 1 unspecified atom stereocenters. The number of carbonyl (C=O) groups is 1. The average Bonchev–Trinajstić information content (AvgIpc) is 2.28. The number of nitrogens with two attached hydrogens (primary N) is 1. The second kappa shape index (κ2) is 5.54. The molecule has 0 aliphatic carbocycles. The second-order valence-electron chi connectivity index (χ2n) is 3.94. The van der Waals surface area contributed by atoms with Crippen molar-refractivity contribution in [3.63, 3.8) is 0 Å². The number of phenols is 1. The van der Waals surface area contributed by atoms with Crippen LogP contribution in [-0.2, 0) is 4.79 Å². The number of carboxylic acids is 1. The lowest BCUT2D eigenvalue weighted by atomic mass is 9.99. The molecule has 0 bridgehead atoms. The van der Waals surface area contributed by atoms with E-state index in [1.54, 1.807) is 12.1 Å². The van der Waals surface area contributed by atoms with E-state index in [0.717, 1.165) is 5.56 Å². The van der Waals surface area contributed by atoms with Crippen LogP contribution in [0.1, 0.15) is 30.0 Å². The van der Waals surface area contributed by atoms with Crippen LogP contribution in [0.3, 0.4) is 0 Å². The Kier molecular flexibility index (Phi) is 4.34. The van der Waals surface area contributed by atoms with Crippen LogP contribution >= 0.6 is 0 Å². The highest BCUT2D eigenvalue weighted by Crippen LogP contribution is 2.35. The Morgan fingerprint density at radius 1 is 1.53 bits per heavy atom. The van der Waals surface area contributed by atoms with E-state index >= 15 is 0 Å². The number of ether oxygens (including phenoxy) is 1. The zero-order valence-corrected chi connectivity index (χ0v) is 9.93. The lowest BCUT2D eigenvalue weighted by Gasteiger charge is -2.15. The highest BCUT2D eigenvalue weighted by Gasteiger charge is 2.16. The molecule has 0 radical (unpaired) electrons. The maximum Gasteiger partial charge on any atom is 0.303 e. The summed E-state index contributed by atoms with van der Waals surface area (Å²) < 4.78 is 5.02. The SMILES string of the molecule is COc1cc(C)cc(C(N)CCC(=O)O)c1O. The van der Waals surface area contributed by atoms with Gasteiger partial charge in [0.25, 0.3) is 0 Å². The van der Waals surface area contributed by atoms with Crippen molar-refractivity contribution in [2.75, 3.05) is 7.11 Å². The fourth-order valence-corrected chi connectivity index (χ4v) is 1.65. The van der Waals surface area contributed by atoms with Gasteiger partial charge < -0.3 is 20.7 Å². The van der Waals surface area contributed by atoms with E-state index in [2.05, 4.69) is 0 Å². The molecule has 1 aromatic rings. The van der Waals surface area contributed by atoms with Crippen molar-refractivity contribution in [1.82, 2.24) is 0 Å². The minimum atomic E-state index is -0.903. The Bertz CT molecular complexity index is 417. The number of hydrogen-bond donors (Lipinski definition) is 3. The van der Waals surface area contributed by atoms with Gasteiger partial charge in [-0.2, -0.15) is 0 Å². The molecule has 94 valence electrons. The third kappa shape index (κ3) is 3.35. The molecule has 0 saturated heterocycles. The van der Waals surface area contributed by atoms with Crippen molar-refractivity contribution < 1.29 is 19.7 Å². The summed E-state index contributed by atoms with van der Waals surface area (Å²) in [6, 6.07) is 2.92. The number of carboxylic acid groups (broad SMARTS) is 1. The quantitative estimate of drug-likeness (QED) is 0.725. The van der Waals surface area contributed by atoms with Gasteiger partial charge in [0.05, 0.1) is 7.11 Å². The molecule has 1 atom stereocenters. The number of rotatable bonds is 5. The number of aryl methyl sites for hydroxylation is 1. The highest BCUT2D eigenvalue weighted by molar-refractivity contribution is 5.66. The highest BCUT2D eigenvalue weighted by atomic mass is 16.5. The van der Waals surface area contributed by atoms with Gasteiger partial charge in [-0.1, -0.05) is 6.07 Å². The molecular weight excluding hydrogens is 222 g/mol. The van der Waals surface area contributed by atoms with E-state index in [9.17, 15) is 9.90 Å². The summed E-state index contributed by atoms with van der Waals surface area (Å²) in [5.74, 6) is -0.568. The van der Waals surface area contributed by atoms with Gasteiger partial charge in [0.2, 0.25) is 0 Å². The van der Waals surface area contributed by atoms with Crippen LogP contribution in [0.15, 0.2) is 12.1 Å². The lowest BCUT2D eigenvalue weighted by molar-refractivity contribution is -0.137. The Hall–Kier alpha value is -1.75. The van der Waals surface area contributed by atoms with E-state index in [1.165, 1.54) is 7.11 Å². The molecule has 4 N–H and O–H groups in total. The fourth-order valence-electron chi connectivity index (χ4n) is 1.65. The van der Waals surface area contributed by atoms with Gasteiger partial charge in [0.1, 0.15) is 0 Å². The van der Waals surface area contributed by atoms with Gasteiger partial charge in [-0.05, 0) is 25.0 Å². The van der Waals surface area contributed by atoms with E-state index in [-0.39, 0.29) is 18.6 Å². The maximum atomic E-state index is 10.5. The van der Waals surface area contributed by atoms with Gasteiger partial charge in [-0.3, -0.25) is 4.79 Å². The summed E-state index contributed by atoms with van der Waals surface area (Å²) >= 11 is 0. The second-order valence-corrected chi connectivity index (χ2v) is 3.94. The van der Waals surface area contributed by atoms with Gasteiger partial charge in [-0.15, -0.1) is 0 Å². The Balaban J connectivity index is 2.96. The van der Waals surface area contributed by atoms with E-state index < -0.39 is 12.0 Å². The minimum absolute atomic E-state index is 0.0176. The predicted molar refractivity (Wildman–Crippen MR) is 63.2 cm³/mol. The summed E-state index contributed by atoms with van der Waals surface area (Å²) in [5.41, 5.74) is 7.28. The lowest BCUT2D eigenvalue weighted by Crippen LogP contribution is -2.13. The standard InChI is InChI=1S/C12H17NO4/c1-7-5-8(9(13)3-4-11(14)15)12(16)10(6-7)17-2/h5-6,9,16H,3-4,13H2,1-2H3,(H,14,15). The van der Waals surface area contributed by atoms with Crippen LogP contribution in [0, 0.1) is 6.92 Å². The number of phenolic OH excluding ortho intramolecular Hbond substituents is 1. The first-order chi connectivity index (χ1) is 7.95. The number of methoxy groups -OCH3 is 1. The van der Waals surface area contributed by atoms with Crippen LogP contribution in [0.2, 0.25) is 0 Å². The number of hydrogen-bond acceptors (Lipinski definition) is 4. The van der Waals surface area contributed by atoms with Gasteiger partial charge in [0, 0.05) is 18.0 Å². The third-order valence-electron chi connectivity index (χ3n) is 2.54. The van der Waals surface area contributed by atoms with Crippen LogP contribution in [0.25, 0.3) is 0 Å². The number of aromatic hydroxyl groups is 1. The van der Waals surface area contributed by atoms with E-state index in [1.807, 2.05) is 6.92 Å². The fraction of sp³-hybridized carbons (Fsp3) is 0.417. The number of aliphatic carboxylic acids is 1. The predicted octanol–water partition coefficient (Wildman–Crippen LogP) is 1.57. The van der Waals surface area contributed by atoms with Gasteiger partial charge in [-0.25, -0.2) is 0 Å². The zero-order valence-electron chi connectivity index (χ0n) is 9.93. The summed E-state index contributed by atoms with van der Waals surface area (Å²) in [4.78, 5) is 10.5. The molecule has 0 amide bonds. The first-order valence-electron chi connectivity index (χ1n) is 5.30. The van der Waals surface area contributed by atoms with Crippen molar-refractivity contribution in [1.29, 1.82) is 0 Å². The van der Waals surface area contributed by atoms with Crippen molar-refractivity contribution >= 4 is 5.97 Å². The molecule has 0 fully saturated rings. The van der Waals surface area contributed by atoms with Crippen LogP contribution < -0.4 is 10.5 Å². The smallest absolute Gasteiger partial charge is 0.303 e. The largest absolute Gasteiger partial charge is 0.504 e. The molecule has 0 aromatic heterocycles. The molecular formula is C12H17NO4. The average molecular weight is 239 g/mol. The topological polar surface area (TPSA) is 92.8 Å². The molecule has 1 aromatic carbocycles. The summed E-state index contributed by atoms with van der Waals surface area (Å²) in [7, 11) is 1.46. The van der Waals surface area contributed by atoms with Gasteiger partial charge >= 0.3 is 5.97 Å². The summed E-state index contributed by atoms with van der Waals surface area (Å²) in [5, 5.41) is 18.5. The van der Waals surface area contributed by atoms with Crippen molar-refractivity contribution in [2.24, 2.45) is 5.73 Å². The van der Waals surface area contributed by atoms with Crippen LogP contribution in [0.4, 0.5) is 0 Å². The monoisotopic (exact) mass is 239 g/mol. The first kappa shape index (κ1) is 13.3. The van der Waals surface area contributed by atoms with Crippen molar-refractivity contribution in [3.05, 3.63) is 23.3 Å². The molecule has 5 heteroatoms. The Morgan fingerprint density at radius 3 is 2.71 bits per heavy atom. The minimum Gasteiger partial charge on any atom is -0.504 e. The van der Waals surface area contributed by atoms with Crippen LogP contribution in [0.5, 0.6) is 11.5 Å². The van der Waals surface area contributed by atoms with Crippen LogP contribution in [-0.4, -0.2) is 23.3 Å². The molecule has 0 aliphatic rings. The third-order valence-corrected chi connectivity index (χ3v) is 2.54. The molecule has 17 heavy (non-hydrogen) atoms. The molecule has 0 aliphatic heterocycles. The normalized spacial score (nSPS) is 12.2. The molecule has 5 nitrogen and oxygen atoms in total. The summed E-state index contributed by atoms with van der Waals surface area (Å²) in [6.45, 7) is 1.86. The molecule has 0 spiro atoms. The summed E-state index contributed by atoms with van der Waals surface area (Å²) in [6.07, 6.45) is 0.242. The van der Waals surface area contributed by atoms with E-state index in [4.69, 9.17) is 15.6 Å². The van der Waals surface area contributed by atoms with Crippen molar-refractivity contribution in [3.8, 4) is 11.5 Å². The molecule has 0 saturated carbocycles. The zero-order chi connectivity index (χ0) is 13.0. The molecule has 0 heterocycles. The molecule has 1 rings (SSSR count).